The van der Waals surface area contributed by atoms with Crippen LogP contribution in [0.5, 0.6) is 5.75 Å². The molecule has 3 saturated heterocycles. The first kappa shape index (κ1) is 41.1. The number of aliphatic carboxylic acids is 1. The number of amides is 3. The monoisotopic (exact) mass is 754 g/mol. The Morgan fingerprint density at radius 2 is 1.74 bits per heavy atom. The number of likely N-dealkylation sites (tertiary alicyclic amines) is 1. The van der Waals surface area contributed by atoms with Crippen LogP contribution in [0, 0.1) is 13.8 Å². The van der Waals surface area contributed by atoms with Gasteiger partial charge in [0.05, 0.1) is 37.0 Å². The molecule has 296 valence electrons. The lowest BCUT2D eigenvalue weighted by molar-refractivity contribution is -0.231. The maximum absolute atomic E-state index is 13.4. The van der Waals surface area contributed by atoms with Crippen molar-refractivity contribution in [3.8, 4) is 5.75 Å². The summed E-state index contributed by atoms with van der Waals surface area (Å²) in [6.07, 6.45) is -6.17. The number of hydrogen-bond donors (Lipinski definition) is 7. The first-order valence-electron chi connectivity index (χ1n) is 18.5. The molecular formula is C39H54N4O11. The molecule has 0 radical (unpaired) electrons. The molecule has 5 rings (SSSR count). The van der Waals surface area contributed by atoms with Gasteiger partial charge in [0.15, 0.2) is 5.60 Å². The number of nitrogens with zero attached hydrogens (tertiary/aromatic N) is 2. The number of carboxylic acids is 1. The van der Waals surface area contributed by atoms with E-state index in [-0.39, 0.29) is 36.1 Å². The molecule has 15 nitrogen and oxygen atoms in total. The van der Waals surface area contributed by atoms with E-state index in [9.17, 15) is 44.7 Å². The van der Waals surface area contributed by atoms with Gasteiger partial charge in [-0.25, -0.2) is 4.79 Å². The van der Waals surface area contributed by atoms with Gasteiger partial charge in [0.25, 0.3) is 5.91 Å². The van der Waals surface area contributed by atoms with E-state index in [0.29, 0.717) is 56.8 Å². The van der Waals surface area contributed by atoms with Crippen molar-refractivity contribution >= 4 is 23.7 Å². The minimum absolute atomic E-state index is 0.0263. The number of aliphatic hydroxyl groups excluding tert-OH is 3. The molecule has 0 aromatic heterocycles. The fourth-order valence-corrected chi connectivity index (χ4v) is 8.06. The summed E-state index contributed by atoms with van der Waals surface area (Å²) in [5.74, 6) is -2.44. The predicted molar refractivity (Wildman–Crippen MR) is 196 cm³/mol. The molecule has 1 spiro atoms. The zero-order valence-electron chi connectivity index (χ0n) is 31.4. The lowest BCUT2D eigenvalue weighted by Gasteiger charge is -2.49. The van der Waals surface area contributed by atoms with Gasteiger partial charge in [0.2, 0.25) is 11.8 Å². The highest BCUT2D eigenvalue weighted by Gasteiger charge is 2.55. The Morgan fingerprint density at radius 1 is 1.06 bits per heavy atom. The molecule has 2 aromatic carbocycles. The number of nitrogens with one attached hydrogen (secondary N) is 2. The van der Waals surface area contributed by atoms with Crippen molar-refractivity contribution in [2.45, 2.75) is 101 Å². The van der Waals surface area contributed by atoms with Gasteiger partial charge in [0.1, 0.15) is 18.0 Å². The number of aliphatic hydroxyl groups is 3. The Balaban J connectivity index is 1.28. The Morgan fingerprint density at radius 3 is 2.39 bits per heavy atom. The van der Waals surface area contributed by atoms with E-state index in [1.54, 1.807) is 13.8 Å². The molecule has 3 heterocycles. The van der Waals surface area contributed by atoms with Crippen LogP contribution in [0.2, 0.25) is 0 Å². The number of carboxylic acid groups (broad SMARTS) is 1. The number of phenolic OH excluding ortho intramolecular Hbond substituents is 1. The Bertz CT molecular complexity index is 1650. The van der Waals surface area contributed by atoms with Crippen molar-refractivity contribution in [3.05, 3.63) is 64.7 Å². The van der Waals surface area contributed by atoms with Crippen LogP contribution in [-0.2, 0) is 23.9 Å². The summed E-state index contributed by atoms with van der Waals surface area (Å²) >= 11 is 0. The molecule has 8 atom stereocenters. The maximum atomic E-state index is 13.4. The van der Waals surface area contributed by atoms with Gasteiger partial charge in [-0.15, -0.1) is 0 Å². The first-order valence-corrected chi connectivity index (χ1v) is 18.5. The molecule has 54 heavy (non-hydrogen) atoms. The molecule has 2 aromatic rings. The second-order valence-electron chi connectivity index (χ2n) is 15.2. The molecule has 0 saturated carbocycles. The summed E-state index contributed by atoms with van der Waals surface area (Å²) in [5.41, 5.74) is -0.336. The Kier molecular flexibility index (Phi) is 13.0. The fourth-order valence-electron chi connectivity index (χ4n) is 8.06. The number of ether oxygens (including phenoxy) is 2. The second kappa shape index (κ2) is 17.1. The molecule has 3 aliphatic heterocycles. The van der Waals surface area contributed by atoms with E-state index in [0.717, 1.165) is 5.56 Å². The Hall–Kier alpha value is -4.12. The van der Waals surface area contributed by atoms with Gasteiger partial charge < -0.3 is 50.5 Å². The first-order chi connectivity index (χ1) is 25.6. The molecule has 7 N–H and O–H groups in total. The van der Waals surface area contributed by atoms with Crippen molar-refractivity contribution in [1.82, 2.24) is 20.4 Å². The summed E-state index contributed by atoms with van der Waals surface area (Å²) < 4.78 is 12.1. The fraction of sp³-hybridized carbons (Fsp3) is 0.590. The van der Waals surface area contributed by atoms with E-state index < -0.39 is 72.3 Å². The van der Waals surface area contributed by atoms with Gasteiger partial charge in [-0.2, -0.15) is 0 Å². The van der Waals surface area contributed by atoms with Crippen LogP contribution in [-0.4, -0.2) is 147 Å². The molecule has 0 aliphatic carbocycles. The number of carbonyl (C=O) groups is 4. The number of aromatic hydroxyl groups is 1. The van der Waals surface area contributed by atoms with Crippen molar-refractivity contribution < 1.29 is 54.2 Å². The molecule has 3 amide bonds. The summed E-state index contributed by atoms with van der Waals surface area (Å²) in [5, 5.41) is 59.5. The zero-order valence-corrected chi connectivity index (χ0v) is 31.4. The number of phenols is 1. The maximum Gasteiger partial charge on any atom is 0.336 e. The van der Waals surface area contributed by atoms with E-state index >= 15 is 0 Å². The largest absolute Gasteiger partial charge is 0.507 e. The molecule has 3 fully saturated rings. The van der Waals surface area contributed by atoms with Crippen LogP contribution in [0.4, 0.5) is 0 Å². The number of hydrogen-bond acceptors (Lipinski definition) is 11. The average molecular weight is 755 g/mol. The number of rotatable bonds is 13. The standard InChI is InChI=1S/C39H54N4O11/c1-23(27-8-6-5-7-9-27)18-31(47)42-12-10-38(21-42)22-53-15-14-43(38)13-11-39(37(51)52)19-29(45)32(41-26(4)44)35(54-39)34(49)30(46)20-40-36(50)28-16-24(2)33(48)25(3)17-28/h5-9,16-17,23,29-30,32,34-35,45-46,48-49H,10-15,18-22H2,1-4H3,(H,40,50)(H,41,44)(H,51,52)/t23?,29-,30+,32+,34+,35+,38-,39+/m0/s1. The highest BCUT2D eigenvalue weighted by atomic mass is 16.6. The highest BCUT2D eigenvalue weighted by Crippen LogP contribution is 2.38. The van der Waals surface area contributed by atoms with Gasteiger partial charge in [0, 0.05) is 64.5 Å². The normalized spacial score (nSPS) is 27.6. The Labute approximate surface area is 315 Å². The van der Waals surface area contributed by atoms with Crippen molar-refractivity contribution in [3.63, 3.8) is 0 Å². The van der Waals surface area contributed by atoms with E-state index in [2.05, 4.69) is 15.5 Å². The van der Waals surface area contributed by atoms with Crippen LogP contribution >= 0.6 is 0 Å². The summed E-state index contributed by atoms with van der Waals surface area (Å²) in [6.45, 7) is 8.36. The summed E-state index contributed by atoms with van der Waals surface area (Å²) in [7, 11) is 0. The minimum Gasteiger partial charge on any atom is -0.507 e. The topological polar surface area (TPSA) is 218 Å². The minimum atomic E-state index is -2.02. The van der Waals surface area contributed by atoms with Crippen molar-refractivity contribution in [2.75, 3.05) is 45.9 Å². The number of carbonyl (C=O) groups excluding carboxylic acids is 3. The molecular weight excluding hydrogens is 700 g/mol. The predicted octanol–water partition coefficient (Wildman–Crippen LogP) is 0.826. The molecule has 15 heteroatoms. The molecule has 3 aliphatic rings. The lowest BCUT2D eigenvalue weighted by Crippen LogP contribution is -2.68. The third kappa shape index (κ3) is 9.04. The van der Waals surface area contributed by atoms with Crippen LogP contribution in [0.3, 0.4) is 0 Å². The lowest BCUT2D eigenvalue weighted by atomic mass is 9.81. The van der Waals surface area contributed by atoms with E-state index in [1.165, 1.54) is 19.1 Å². The van der Waals surface area contributed by atoms with Crippen molar-refractivity contribution in [1.29, 1.82) is 0 Å². The molecule has 0 bridgehead atoms. The van der Waals surface area contributed by atoms with Gasteiger partial charge in [-0.3, -0.25) is 19.3 Å². The van der Waals surface area contributed by atoms with E-state index in [4.69, 9.17) is 9.47 Å². The van der Waals surface area contributed by atoms with Gasteiger partial charge in [-0.05, 0) is 55.0 Å². The summed E-state index contributed by atoms with van der Waals surface area (Å²) in [6, 6.07) is 11.5. The van der Waals surface area contributed by atoms with Gasteiger partial charge in [-0.1, -0.05) is 37.3 Å². The smallest absolute Gasteiger partial charge is 0.336 e. The third-order valence-corrected chi connectivity index (χ3v) is 11.3. The van der Waals surface area contributed by atoms with Crippen LogP contribution in [0.1, 0.15) is 72.5 Å². The highest BCUT2D eigenvalue weighted by molar-refractivity contribution is 5.95. The average Bonchev–Trinajstić information content (AvgIpc) is 3.57. The molecule has 1 unspecified atom stereocenters. The summed E-state index contributed by atoms with van der Waals surface area (Å²) in [4.78, 5) is 55.5. The quantitative estimate of drug-likeness (QED) is 0.151. The van der Waals surface area contributed by atoms with Crippen LogP contribution in [0.15, 0.2) is 42.5 Å². The number of morpholine rings is 1. The second-order valence-corrected chi connectivity index (χ2v) is 15.2. The van der Waals surface area contributed by atoms with Crippen molar-refractivity contribution in [2.24, 2.45) is 0 Å². The third-order valence-electron chi connectivity index (χ3n) is 11.3. The van der Waals surface area contributed by atoms with Crippen LogP contribution in [0.25, 0.3) is 0 Å². The number of benzene rings is 2. The van der Waals surface area contributed by atoms with Crippen LogP contribution < -0.4 is 10.6 Å². The van der Waals surface area contributed by atoms with E-state index in [1.807, 2.05) is 42.2 Å². The van der Waals surface area contributed by atoms with Gasteiger partial charge >= 0.3 is 5.97 Å². The SMILES string of the molecule is CC(=O)N[C@H]1[C@H]([C@H](O)[C@H](O)CNC(=O)c2cc(C)c(O)c(C)c2)O[C@@](CCN2CCOC[C@@]23CCN(C(=O)CC(C)c2ccccc2)C3)(C(=O)O)C[C@@H]1O. The zero-order chi connectivity index (χ0) is 39.4. The number of aryl methyl sites for hydroxylation is 2.